The van der Waals surface area contributed by atoms with Gasteiger partial charge in [0, 0.05) is 0 Å². The second kappa shape index (κ2) is 15.3. The average molecular weight is 640 g/mol. The number of phenolic OH excluding ortho intramolecular Hbond substituents is 1. The number of nitrogens with two attached hydrogens (primary N) is 1. The van der Waals surface area contributed by atoms with Crippen molar-refractivity contribution in [3.05, 3.63) is 65.7 Å². The van der Waals surface area contributed by atoms with Crippen molar-refractivity contribution < 1.29 is 33.8 Å². The molecule has 45 heavy (non-hydrogen) atoms. The SMILES string of the molecule is COC(=O)[C@H](CC(C)C)NC(=O)[C@H]1[C@@H](c2ccccc2)S[C@H]2CC[C@H](NC(=O)CNC(=O)[C@@H](N)Cc3ccc(O)cc3)C(=O)N21. The molecule has 0 aromatic heterocycles. The lowest BCUT2D eigenvalue weighted by Crippen LogP contribution is -2.61. The van der Waals surface area contributed by atoms with E-state index in [0.29, 0.717) is 19.3 Å². The number of hydrogen-bond acceptors (Lipinski definition) is 9. The number of esters is 1. The number of amides is 4. The number of phenols is 1. The van der Waals surface area contributed by atoms with Crippen LogP contribution in [0, 0.1) is 5.92 Å². The summed E-state index contributed by atoms with van der Waals surface area (Å²) >= 11 is 1.51. The molecule has 0 unspecified atom stereocenters. The molecular formula is C32H41N5O7S. The summed E-state index contributed by atoms with van der Waals surface area (Å²) in [6, 6.07) is 12.1. The molecule has 12 nitrogen and oxygen atoms in total. The number of aromatic hydroxyl groups is 1. The number of thioether (sulfide) groups is 1. The highest BCUT2D eigenvalue weighted by Gasteiger charge is 2.52. The van der Waals surface area contributed by atoms with E-state index in [0.717, 1.165) is 11.1 Å². The van der Waals surface area contributed by atoms with E-state index in [1.54, 1.807) is 12.1 Å². The van der Waals surface area contributed by atoms with Crippen LogP contribution >= 0.6 is 11.8 Å². The Labute approximate surface area is 266 Å². The molecule has 6 atom stereocenters. The van der Waals surface area contributed by atoms with Crippen LogP contribution in [0.2, 0.25) is 0 Å². The standard InChI is InChI=1S/C32H41N5O7S/c1-18(2)15-24(32(43)44-3)36-30(41)27-28(20-7-5-4-6-8-20)45-26-14-13-23(31(42)37(26)27)35-25(39)17-34-29(40)22(33)16-19-9-11-21(38)12-10-19/h4-12,18,22-24,26-28,38H,13-17,33H2,1-3H3,(H,34,40)(H,35,39)(H,36,41)/t22-,23-,24-,26-,27+,28+/m0/s1. The molecule has 2 aliphatic rings. The van der Waals surface area contributed by atoms with Crippen molar-refractivity contribution in [2.45, 2.75) is 74.3 Å². The topological polar surface area (TPSA) is 180 Å². The molecule has 2 aromatic rings. The summed E-state index contributed by atoms with van der Waals surface area (Å²) in [5.74, 6) is -2.33. The van der Waals surface area contributed by atoms with Gasteiger partial charge in [-0.3, -0.25) is 19.2 Å². The lowest BCUT2D eigenvalue weighted by molar-refractivity contribution is -0.149. The Balaban J connectivity index is 1.43. The first-order valence-electron chi connectivity index (χ1n) is 15.0. The van der Waals surface area contributed by atoms with Crippen LogP contribution in [0.15, 0.2) is 54.6 Å². The van der Waals surface area contributed by atoms with Gasteiger partial charge in [0.2, 0.25) is 23.6 Å². The molecule has 0 bridgehead atoms. The van der Waals surface area contributed by atoms with E-state index in [1.807, 2.05) is 44.2 Å². The van der Waals surface area contributed by atoms with E-state index < -0.39 is 53.8 Å². The van der Waals surface area contributed by atoms with Gasteiger partial charge < -0.3 is 36.4 Å². The van der Waals surface area contributed by atoms with Gasteiger partial charge in [-0.2, -0.15) is 0 Å². The third kappa shape index (κ3) is 8.54. The summed E-state index contributed by atoms with van der Waals surface area (Å²) in [7, 11) is 1.27. The first kappa shape index (κ1) is 33.8. The zero-order valence-electron chi connectivity index (χ0n) is 25.6. The second-order valence-electron chi connectivity index (χ2n) is 11.7. The Morgan fingerprint density at radius 1 is 1.07 bits per heavy atom. The molecule has 13 heteroatoms. The van der Waals surface area contributed by atoms with Gasteiger partial charge >= 0.3 is 5.97 Å². The van der Waals surface area contributed by atoms with E-state index >= 15 is 0 Å². The minimum absolute atomic E-state index is 0.101. The van der Waals surface area contributed by atoms with Gasteiger partial charge in [0.25, 0.3) is 0 Å². The summed E-state index contributed by atoms with van der Waals surface area (Å²) in [6.45, 7) is 3.49. The van der Waals surface area contributed by atoms with E-state index in [4.69, 9.17) is 10.5 Å². The number of methoxy groups -OCH3 is 1. The maximum Gasteiger partial charge on any atom is 0.328 e. The molecule has 6 N–H and O–H groups in total. The number of hydrogen-bond donors (Lipinski definition) is 5. The maximum atomic E-state index is 13.9. The van der Waals surface area contributed by atoms with Crippen LogP contribution in [0.1, 0.15) is 49.5 Å². The Kier molecular flexibility index (Phi) is 11.5. The van der Waals surface area contributed by atoms with Gasteiger partial charge in [-0.25, -0.2) is 4.79 Å². The Morgan fingerprint density at radius 2 is 1.76 bits per heavy atom. The molecule has 0 spiro atoms. The Hall–Kier alpha value is -4.10. The predicted molar refractivity (Wildman–Crippen MR) is 169 cm³/mol. The van der Waals surface area contributed by atoms with Gasteiger partial charge in [-0.1, -0.05) is 56.3 Å². The zero-order valence-corrected chi connectivity index (χ0v) is 26.4. The summed E-state index contributed by atoms with van der Waals surface area (Å²) in [6.07, 6.45) is 1.48. The van der Waals surface area contributed by atoms with Gasteiger partial charge in [0.05, 0.1) is 30.3 Å². The lowest BCUT2D eigenvalue weighted by atomic mass is 9.97. The van der Waals surface area contributed by atoms with E-state index in [9.17, 15) is 29.1 Å². The van der Waals surface area contributed by atoms with E-state index in [1.165, 1.54) is 35.9 Å². The molecule has 0 aliphatic carbocycles. The van der Waals surface area contributed by atoms with E-state index in [-0.39, 0.29) is 35.3 Å². The molecule has 0 radical (unpaired) electrons. The Morgan fingerprint density at radius 3 is 2.40 bits per heavy atom. The lowest BCUT2D eigenvalue weighted by Gasteiger charge is -2.37. The highest BCUT2D eigenvalue weighted by atomic mass is 32.2. The summed E-state index contributed by atoms with van der Waals surface area (Å²) in [4.78, 5) is 67.1. The fourth-order valence-corrected chi connectivity index (χ4v) is 7.34. The van der Waals surface area contributed by atoms with Crippen LogP contribution in [0.3, 0.4) is 0 Å². The molecule has 2 aliphatic heterocycles. The first-order valence-corrected chi connectivity index (χ1v) is 15.9. The molecule has 0 saturated carbocycles. The number of fused-ring (bicyclic) bond motifs is 1. The van der Waals surface area contributed by atoms with E-state index in [2.05, 4.69) is 16.0 Å². The number of benzene rings is 2. The number of rotatable bonds is 12. The summed E-state index contributed by atoms with van der Waals surface area (Å²) in [5, 5.41) is 16.8. The molecule has 242 valence electrons. The predicted octanol–water partition coefficient (Wildman–Crippen LogP) is 1.37. The van der Waals surface area contributed by atoms with Crippen molar-refractivity contribution in [2.24, 2.45) is 11.7 Å². The molecule has 2 aromatic carbocycles. The highest BCUT2D eigenvalue weighted by molar-refractivity contribution is 8.00. The van der Waals surface area contributed by atoms with Crippen LogP contribution < -0.4 is 21.7 Å². The van der Waals surface area contributed by atoms with Crippen LogP contribution in [0.4, 0.5) is 0 Å². The van der Waals surface area contributed by atoms with Crippen LogP contribution in [0.5, 0.6) is 5.75 Å². The highest BCUT2D eigenvalue weighted by Crippen LogP contribution is 2.49. The quantitative estimate of drug-likeness (QED) is 0.214. The summed E-state index contributed by atoms with van der Waals surface area (Å²) in [5.41, 5.74) is 7.62. The zero-order chi connectivity index (χ0) is 32.7. The molecule has 2 heterocycles. The third-order valence-electron chi connectivity index (χ3n) is 7.85. The van der Waals surface area contributed by atoms with Crippen LogP contribution in [-0.4, -0.2) is 82.8 Å². The molecule has 4 amide bonds. The van der Waals surface area contributed by atoms with Crippen LogP contribution in [0.25, 0.3) is 0 Å². The van der Waals surface area contributed by atoms with Gasteiger partial charge in [-0.05, 0) is 54.9 Å². The number of nitrogens with zero attached hydrogens (tertiary/aromatic N) is 1. The van der Waals surface area contributed by atoms with Gasteiger partial charge in [0.15, 0.2) is 0 Å². The summed E-state index contributed by atoms with van der Waals surface area (Å²) < 4.78 is 4.93. The van der Waals surface area contributed by atoms with Crippen LogP contribution in [-0.2, 0) is 35.1 Å². The second-order valence-corrected chi connectivity index (χ2v) is 13.0. The molecular weight excluding hydrogens is 598 g/mol. The largest absolute Gasteiger partial charge is 0.508 e. The average Bonchev–Trinajstić information content (AvgIpc) is 3.42. The van der Waals surface area contributed by atoms with Crippen molar-refractivity contribution in [1.82, 2.24) is 20.9 Å². The number of nitrogens with one attached hydrogen (secondary N) is 3. The van der Waals surface area contributed by atoms with Crippen molar-refractivity contribution in [3.8, 4) is 5.75 Å². The molecule has 2 saturated heterocycles. The monoisotopic (exact) mass is 639 g/mol. The van der Waals surface area contributed by atoms with Crippen molar-refractivity contribution in [3.63, 3.8) is 0 Å². The minimum Gasteiger partial charge on any atom is -0.508 e. The van der Waals surface area contributed by atoms with Crippen molar-refractivity contribution in [1.29, 1.82) is 0 Å². The fraction of sp³-hybridized carbons (Fsp3) is 0.469. The fourth-order valence-electron chi connectivity index (χ4n) is 5.64. The van der Waals surface area contributed by atoms with Gasteiger partial charge in [-0.15, -0.1) is 11.8 Å². The molecule has 2 fully saturated rings. The minimum atomic E-state index is -0.925. The maximum absolute atomic E-state index is 13.9. The van der Waals surface area contributed by atoms with Crippen molar-refractivity contribution >= 4 is 41.4 Å². The van der Waals surface area contributed by atoms with Gasteiger partial charge in [0.1, 0.15) is 23.9 Å². The third-order valence-corrected chi connectivity index (χ3v) is 9.45. The normalized spacial score (nSPS) is 22.2. The Bertz CT molecular complexity index is 1370. The number of carbonyl (C=O) groups is 5. The first-order chi connectivity index (χ1) is 21.5. The van der Waals surface area contributed by atoms with Crippen molar-refractivity contribution in [2.75, 3.05) is 13.7 Å². The number of piperidine rings is 1. The molecule has 4 rings (SSSR count). The number of ether oxygens (including phenoxy) is 1. The number of carbonyl (C=O) groups excluding carboxylic acids is 5. The smallest absolute Gasteiger partial charge is 0.328 e.